The molecule has 0 fully saturated rings. The molecule has 0 aliphatic carbocycles. The van der Waals surface area contributed by atoms with Crippen LogP contribution in [0.15, 0.2) is 24.5 Å². The van der Waals surface area contributed by atoms with E-state index in [0.29, 0.717) is 17.9 Å². The van der Waals surface area contributed by atoms with Crippen molar-refractivity contribution in [2.75, 3.05) is 7.11 Å². The number of methoxy groups -OCH3 is 1. The Morgan fingerprint density at radius 1 is 1.45 bits per heavy atom. The lowest BCUT2D eigenvalue weighted by Crippen LogP contribution is -2.11. The SMILES string of the molecule is CCCn1ncnc1CC(=O)c1ccc(OC)c(F)c1. The van der Waals surface area contributed by atoms with E-state index in [-0.39, 0.29) is 18.0 Å². The van der Waals surface area contributed by atoms with Gasteiger partial charge in [0, 0.05) is 12.1 Å². The Bertz CT molecular complexity index is 610. The number of halogens is 1. The maximum atomic E-state index is 13.6. The number of hydrogen-bond donors (Lipinski definition) is 0. The molecule has 0 radical (unpaired) electrons. The molecule has 0 aliphatic heterocycles. The molecule has 0 saturated carbocycles. The van der Waals surface area contributed by atoms with Crippen molar-refractivity contribution in [3.8, 4) is 5.75 Å². The van der Waals surface area contributed by atoms with E-state index in [1.165, 1.54) is 25.6 Å². The van der Waals surface area contributed by atoms with E-state index in [9.17, 15) is 9.18 Å². The van der Waals surface area contributed by atoms with Crippen LogP contribution < -0.4 is 4.74 Å². The Labute approximate surface area is 116 Å². The summed E-state index contributed by atoms with van der Waals surface area (Å²) in [5, 5.41) is 4.06. The first kappa shape index (κ1) is 14.2. The van der Waals surface area contributed by atoms with Crippen molar-refractivity contribution in [1.29, 1.82) is 0 Å². The van der Waals surface area contributed by atoms with E-state index in [1.54, 1.807) is 10.7 Å². The van der Waals surface area contributed by atoms with Gasteiger partial charge in [0.15, 0.2) is 17.3 Å². The summed E-state index contributed by atoms with van der Waals surface area (Å²) < 4.78 is 20.1. The van der Waals surface area contributed by atoms with Gasteiger partial charge < -0.3 is 4.74 Å². The average Bonchev–Trinajstić information content (AvgIpc) is 2.86. The smallest absolute Gasteiger partial charge is 0.170 e. The fourth-order valence-corrected chi connectivity index (χ4v) is 1.91. The van der Waals surface area contributed by atoms with Crippen LogP contribution in [0.25, 0.3) is 0 Å². The summed E-state index contributed by atoms with van der Waals surface area (Å²) in [4.78, 5) is 16.2. The topological polar surface area (TPSA) is 57.0 Å². The molecule has 1 aromatic heterocycles. The Morgan fingerprint density at radius 2 is 2.25 bits per heavy atom. The molecule has 0 bridgehead atoms. The fraction of sp³-hybridized carbons (Fsp3) is 0.357. The number of nitrogens with zero attached hydrogens (tertiary/aromatic N) is 3. The number of carbonyl (C=O) groups excluding carboxylic acids is 1. The fourth-order valence-electron chi connectivity index (χ4n) is 1.91. The summed E-state index contributed by atoms with van der Waals surface area (Å²) in [6.45, 7) is 2.73. The van der Waals surface area contributed by atoms with E-state index >= 15 is 0 Å². The van der Waals surface area contributed by atoms with Crippen LogP contribution in [0.4, 0.5) is 4.39 Å². The molecule has 20 heavy (non-hydrogen) atoms. The van der Waals surface area contributed by atoms with Gasteiger partial charge in [-0.1, -0.05) is 6.92 Å². The molecular weight excluding hydrogens is 261 g/mol. The first-order chi connectivity index (χ1) is 9.65. The number of aryl methyl sites for hydroxylation is 1. The van der Waals surface area contributed by atoms with Crippen LogP contribution in [0.3, 0.4) is 0 Å². The summed E-state index contributed by atoms with van der Waals surface area (Å²) in [5.74, 6) is -0.0333. The molecule has 0 saturated heterocycles. The Hall–Kier alpha value is -2.24. The van der Waals surface area contributed by atoms with E-state index in [0.717, 1.165) is 6.42 Å². The summed E-state index contributed by atoms with van der Waals surface area (Å²) in [5.41, 5.74) is 0.300. The largest absolute Gasteiger partial charge is 0.494 e. The van der Waals surface area contributed by atoms with E-state index in [1.807, 2.05) is 6.92 Å². The number of Topliss-reactive ketones (excluding diaryl/α,β-unsaturated/α-hetero) is 1. The molecule has 2 aromatic rings. The minimum Gasteiger partial charge on any atom is -0.494 e. The van der Waals surface area contributed by atoms with Crippen LogP contribution in [0.5, 0.6) is 5.75 Å². The summed E-state index contributed by atoms with van der Waals surface area (Å²) in [6.07, 6.45) is 2.43. The number of aromatic nitrogens is 3. The van der Waals surface area contributed by atoms with Gasteiger partial charge in [0.2, 0.25) is 0 Å². The van der Waals surface area contributed by atoms with Gasteiger partial charge in [0.25, 0.3) is 0 Å². The predicted molar refractivity (Wildman–Crippen MR) is 71.3 cm³/mol. The third-order valence-corrected chi connectivity index (χ3v) is 2.92. The average molecular weight is 277 g/mol. The zero-order valence-corrected chi connectivity index (χ0v) is 11.5. The van der Waals surface area contributed by atoms with Crippen LogP contribution in [0.2, 0.25) is 0 Å². The van der Waals surface area contributed by atoms with Gasteiger partial charge in [-0.05, 0) is 24.6 Å². The van der Waals surface area contributed by atoms with Gasteiger partial charge in [-0.2, -0.15) is 5.10 Å². The Kier molecular flexibility index (Phi) is 4.45. The highest BCUT2D eigenvalue weighted by molar-refractivity contribution is 5.97. The van der Waals surface area contributed by atoms with Gasteiger partial charge in [0.1, 0.15) is 12.2 Å². The quantitative estimate of drug-likeness (QED) is 0.760. The number of benzene rings is 1. The second-order valence-electron chi connectivity index (χ2n) is 4.35. The van der Waals surface area contributed by atoms with Crippen LogP contribution >= 0.6 is 0 Å². The number of rotatable bonds is 6. The third kappa shape index (κ3) is 3.01. The minimum atomic E-state index is -0.548. The Balaban J connectivity index is 2.15. The summed E-state index contributed by atoms with van der Waals surface area (Å²) in [7, 11) is 1.38. The highest BCUT2D eigenvalue weighted by atomic mass is 19.1. The van der Waals surface area contributed by atoms with Crippen LogP contribution in [0.1, 0.15) is 29.5 Å². The molecular formula is C14H16FN3O2. The maximum Gasteiger partial charge on any atom is 0.170 e. The van der Waals surface area contributed by atoms with Crippen molar-refractivity contribution in [2.45, 2.75) is 26.3 Å². The van der Waals surface area contributed by atoms with Crippen molar-refractivity contribution in [2.24, 2.45) is 0 Å². The van der Waals surface area contributed by atoms with E-state index in [4.69, 9.17) is 4.74 Å². The number of ketones is 1. The molecule has 0 N–H and O–H groups in total. The molecule has 0 aliphatic rings. The first-order valence-corrected chi connectivity index (χ1v) is 6.39. The lowest BCUT2D eigenvalue weighted by molar-refractivity contribution is 0.0988. The van der Waals surface area contributed by atoms with Gasteiger partial charge in [-0.3, -0.25) is 4.79 Å². The van der Waals surface area contributed by atoms with Crippen molar-refractivity contribution >= 4 is 5.78 Å². The Morgan fingerprint density at radius 3 is 2.90 bits per heavy atom. The molecule has 1 aromatic carbocycles. The lowest BCUT2D eigenvalue weighted by Gasteiger charge is -2.06. The van der Waals surface area contributed by atoms with Crippen LogP contribution in [-0.2, 0) is 13.0 Å². The highest BCUT2D eigenvalue weighted by Crippen LogP contribution is 2.18. The number of carbonyl (C=O) groups is 1. The first-order valence-electron chi connectivity index (χ1n) is 6.39. The maximum absolute atomic E-state index is 13.6. The van der Waals surface area contributed by atoms with Crippen molar-refractivity contribution in [1.82, 2.24) is 14.8 Å². The van der Waals surface area contributed by atoms with E-state index < -0.39 is 5.82 Å². The van der Waals surface area contributed by atoms with Crippen LogP contribution in [-0.4, -0.2) is 27.7 Å². The standard InChI is InChI=1S/C14H16FN3O2/c1-3-6-18-14(16-9-17-18)8-12(19)10-4-5-13(20-2)11(15)7-10/h4-5,7,9H,3,6,8H2,1-2H3. The zero-order chi connectivity index (χ0) is 14.5. The van der Waals surface area contributed by atoms with Gasteiger partial charge in [-0.25, -0.2) is 14.1 Å². The molecule has 0 amide bonds. The predicted octanol–water partition coefficient (Wildman–Crippen LogP) is 2.26. The van der Waals surface area contributed by atoms with Crippen molar-refractivity contribution in [3.05, 3.63) is 41.7 Å². The molecule has 0 atom stereocenters. The number of hydrogen-bond acceptors (Lipinski definition) is 4. The summed E-state index contributed by atoms with van der Waals surface area (Å²) in [6, 6.07) is 4.17. The van der Waals surface area contributed by atoms with E-state index in [2.05, 4.69) is 10.1 Å². The molecule has 0 unspecified atom stereocenters. The second kappa shape index (κ2) is 6.27. The van der Waals surface area contributed by atoms with Gasteiger partial charge in [-0.15, -0.1) is 0 Å². The monoisotopic (exact) mass is 277 g/mol. The minimum absolute atomic E-state index is 0.103. The lowest BCUT2D eigenvalue weighted by atomic mass is 10.1. The second-order valence-corrected chi connectivity index (χ2v) is 4.35. The highest BCUT2D eigenvalue weighted by Gasteiger charge is 2.14. The van der Waals surface area contributed by atoms with Gasteiger partial charge in [0.05, 0.1) is 13.5 Å². The van der Waals surface area contributed by atoms with Crippen LogP contribution in [0, 0.1) is 5.82 Å². The van der Waals surface area contributed by atoms with Crippen molar-refractivity contribution < 1.29 is 13.9 Å². The van der Waals surface area contributed by atoms with Crippen molar-refractivity contribution in [3.63, 3.8) is 0 Å². The molecule has 106 valence electrons. The molecule has 6 heteroatoms. The third-order valence-electron chi connectivity index (χ3n) is 2.92. The summed E-state index contributed by atoms with van der Waals surface area (Å²) >= 11 is 0. The molecule has 2 rings (SSSR count). The normalized spacial score (nSPS) is 10.6. The number of ether oxygens (including phenoxy) is 1. The molecule has 5 nitrogen and oxygen atoms in total. The molecule has 1 heterocycles. The van der Waals surface area contributed by atoms with Gasteiger partial charge >= 0.3 is 0 Å². The molecule has 0 spiro atoms. The zero-order valence-electron chi connectivity index (χ0n) is 11.5.